The Morgan fingerprint density at radius 2 is 0.623 bits per heavy atom. The summed E-state index contributed by atoms with van der Waals surface area (Å²) in [6.07, 6.45) is 75.7. The first kappa shape index (κ1) is 65.6. The first-order valence-electron chi connectivity index (χ1n) is 31.3. The smallest absolute Gasteiger partial charge is 0.309 e. The normalized spacial score (nSPS) is 15.4. The van der Waals surface area contributed by atoms with Crippen molar-refractivity contribution in [1.82, 2.24) is 0 Å². The van der Waals surface area contributed by atoms with Gasteiger partial charge in [-0.05, 0) is 32.1 Å². The largest absolute Gasteiger partial charge is 0.465 e. The number of carbonyl (C=O) groups is 2. The van der Waals surface area contributed by atoms with Crippen LogP contribution in [0.5, 0.6) is 0 Å². The molecular weight excluding hydrogens is 853 g/mol. The monoisotopic (exact) mass is 973 g/mol. The van der Waals surface area contributed by atoms with Gasteiger partial charge in [-0.3, -0.25) is 9.59 Å². The van der Waals surface area contributed by atoms with Crippen molar-refractivity contribution in [3.05, 3.63) is 12.2 Å². The number of hydrogen-bond donors (Lipinski definition) is 2. The van der Waals surface area contributed by atoms with Gasteiger partial charge in [0.1, 0.15) is 13.2 Å². The molecule has 0 bridgehead atoms. The van der Waals surface area contributed by atoms with Crippen LogP contribution < -0.4 is 0 Å². The molecule has 0 aliphatic carbocycles. The lowest BCUT2D eigenvalue weighted by Gasteiger charge is -2.27. The van der Waals surface area contributed by atoms with Gasteiger partial charge < -0.3 is 19.7 Å². The van der Waals surface area contributed by atoms with Gasteiger partial charge in [0, 0.05) is 0 Å². The molecule has 408 valence electrons. The maximum Gasteiger partial charge on any atom is 0.309 e. The van der Waals surface area contributed by atoms with Crippen LogP contribution in [0.3, 0.4) is 0 Å². The van der Waals surface area contributed by atoms with E-state index in [1.165, 1.54) is 302 Å². The second-order valence-corrected chi connectivity index (χ2v) is 22.4. The molecule has 1 aliphatic heterocycles. The number of aliphatic hydroxyl groups excluding tert-OH is 2. The lowest BCUT2D eigenvalue weighted by atomic mass is 9.92. The Balaban J connectivity index is 1.69. The third kappa shape index (κ3) is 45.0. The van der Waals surface area contributed by atoms with E-state index in [0.29, 0.717) is 6.42 Å². The second-order valence-electron chi connectivity index (χ2n) is 22.4. The molecular formula is C63H120O6. The number of allylic oxidation sites excluding steroid dienone is 2. The van der Waals surface area contributed by atoms with E-state index in [1.807, 2.05) is 0 Å². The zero-order valence-corrected chi connectivity index (χ0v) is 46.4. The van der Waals surface area contributed by atoms with E-state index in [4.69, 9.17) is 9.47 Å². The molecule has 0 radical (unpaired) electrons. The number of rotatable bonds is 54. The first-order valence-corrected chi connectivity index (χ1v) is 31.3. The lowest BCUT2D eigenvalue weighted by molar-refractivity contribution is -0.155. The Morgan fingerprint density at radius 3 is 0.899 bits per heavy atom. The molecule has 6 nitrogen and oxygen atoms in total. The molecule has 0 amide bonds. The minimum Gasteiger partial charge on any atom is -0.465 e. The second kappa shape index (κ2) is 52.9. The van der Waals surface area contributed by atoms with Crippen molar-refractivity contribution in [3.63, 3.8) is 0 Å². The minimum atomic E-state index is -1.12. The fraction of sp³-hybridized carbons (Fsp3) is 0.937. The van der Waals surface area contributed by atoms with Crippen molar-refractivity contribution in [2.24, 2.45) is 11.3 Å². The minimum absolute atomic E-state index is 0.00414. The molecule has 1 unspecified atom stereocenters. The van der Waals surface area contributed by atoms with Gasteiger partial charge in [0.15, 0.2) is 0 Å². The van der Waals surface area contributed by atoms with E-state index in [0.717, 1.165) is 19.3 Å². The summed E-state index contributed by atoms with van der Waals surface area (Å²) < 4.78 is 10.6. The highest BCUT2D eigenvalue weighted by Gasteiger charge is 2.36. The average molecular weight is 974 g/mol. The van der Waals surface area contributed by atoms with Crippen molar-refractivity contribution in [2.75, 3.05) is 26.4 Å². The van der Waals surface area contributed by atoms with Crippen molar-refractivity contribution in [2.45, 2.75) is 341 Å². The number of ether oxygens (including phenoxy) is 2. The molecule has 0 aromatic heterocycles. The SMILES string of the molecule is CCCCCCCCCCCCCCCCCCCCCCCCCCCCC/C=C/CCCCCCCCCCCCCCCCCCCCCCCC1CC(=O)OCC(CO)(CO)COC1=O. The van der Waals surface area contributed by atoms with Crippen LogP contribution in [0.15, 0.2) is 12.2 Å². The van der Waals surface area contributed by atoms with E-state index in [1.54, 1.807) is 0 Å². The number of cyclic esters (lactones) is 2. The molecule has 1 rings (SSSR count). The van der Waals surface area contributed by atoms with Crippen LogP contribution >= 0.6 is 0 Å². The Morgan fingerprint density at radius 1 is 0.377 bits per heavy atom. The number of esters is 2. The van der Waals surface area contributed by atoms with Gasteiger partial charge >= 0.3 is 11.9 Å². The predicted molar refractivity (Wildman–Crippen MR) is 297 cm³/mol. The van der Waals surface area contributed by atoms with E-state index in [9.17, 15) is 19.8 Å². The predicted octanol–water partition coefficient (Wildman–Crippen LogP) is 19.5. The summed E-state index contributed by atoms with van der Waals surface area (Å²) >= 11 is 0. The van der Waals surface area contributed by atoms with Gasteiger partial charge in [-0.15, -0.1) is 0 Å². The number of aliphatic hydroxyl groups is 2. The molecule has 1 fully saturated rings. The van der Waals surface area contributed by atoms with Crippen LogP contribution in [0.25, 0.3) is 0 Å². The molecule has 1 atom stereocenters. The fourth-order valence-electron chi connectivity index (χ4n) is 10.4. The van der Waals surface area contributed by atoms with E-state index < -0.39 is 36.5 Å². The van der Waals surface area contributed by atoms with Gasteiger partial charge in [0.2, 0.25) is 0 Å². The van der Waals surface area contributed by atoms with Crippen molar-refractivity contribution < 1.29 is 29.3 Å². The van der Waals surface area contributed by atoms with E-state index in [-0.39, 0.29) is 19.6 Å². The molecule has 1 heterocycles. The molecule has 6 heteroatoms. The summed E-state index contributed by atoms with van der Waals surface area (Å²) in [5.41, 5.74) is -1.12. The van der Waals surface area contributed by atoms with E-state index >= 15 is 0 Å². The standard InChI is InChI=1S/C63H120O6/c1-2-3-4-5-6-7-8-9-10-11-12-13-14-15-16-17-18-19-20-21-22-23-24-25-26-27-28-29-30-31-32-33-34-35-36-37-38-39-40-41-42-43-44-45-46-47-48-49-50-51-52-53-54-60-55-61(66)68-58-63(56-64,57-65)59-69-62(60)67/h30-31,60,64-65H,2-29,32-59H2,1H3/b31-30+. The molecule has 69 heavy (non-hydrogen) atoms. The van der Waals surface area contributed by atoms with Crippen molar-refractivity contribution in [1.29, 1.82) is 0 Å². The van der Waals surface area contributed by atoms with Crippen LogP contribution in [0.1, 0.15) is 341 Å². The summed E-state index contributed by atoms with van der Waals surface area (Å²) in [4.78, 5) is 24.7. The Kier molecular flexibility index (Phi) is 50.3. The summed E-state index contributed by atoms with van der Waals surface area (Å²) in [6, 6.07) is 0. The summed E-state index contributed by atoms with van der Waals surface area (Å²) in [6.45, 7) is 1.21. The molecule has 1 saturated heterocycles. The topological polar surface area (TPSA) is 93.1 Å². The average Bonchev–Trinajstić information content (AvgIpc) is 3.41. The summed E-state index contributed by atoms with van der Waals surface area (Å²) in [7, 11) is 0. The highest BCUT2D eigenvalue weighted by Crippen LogP contribution is 2.25. The van der Waals surface area contributed by atoms with Crippen LogP contribution in [-0.4, -0.2) is 48.6 Å². The van der Waals surface area contributed by atoms with Gasteiger partial charge in [-0.1, -0.05) is 314 Å². The maximum absolute atomic E-state index is 12.5. The van der Waals surface area contributed by atoms with Gasteiger partial charge in [-0.25, -0.2) is 0 Å². The third-order valence-electron chi connectivity index (χ3n) is 15.5. The van der Waals surface area contributed by atoms with Crippen LogP contribution in [0.2, 0.25) is 0 Å². The molecule has 0 aromatic rings. The van der Waals surface area contributed by atoms with Crippen molar-refractivity contribution in [3.8, 4) is 0 Å². The van der Waals surface area contributed by atoms with Crippen LogP contribution in [-0.2, 0) is 19.1 Å². The maximum atomic E-state index is 12.5. The quantitative estimate of drug-likeness (QED) is 0.0358. The van der Waals surface area contributed by atoms with Crippen LogP contribution in [0.4, 0.5) is 0 Å². The fourth-order valence-corrected chi connectivity index (χ4v) is 10.4. The lowest BCUT2D eigenvalue weighted by Crippen LogP contribution is -2.40. The third-order valence-corrected chi connectivity index (χ3v) is 15.5. The highest BCUT2D eigenvalue weighted by molar-refractivity contribution is 5.80. The molecule has 0 spiro atoms. The summed E-state index contributed by atoms with van der Waals surface area (Å²) in [5, 5.41) is 19.2. The van der Waals surface area contributed by atoms with Gasteiger partial charge in [-0.2, -0.15) is 0 Å². The van der Waals surface area contributed by atoms with E-state index in [2.05, 4.69) is 19.1 Å². The zero-order chi connectivity index (χ0) is 49.7. The molecule has 1 aliphatic rings. The number of unbranched alkanes of at least 4 members (excludes halogenated alkanes) is 48. The van der Waals surface area contributed by atoms with Crippen molar-refractivity contribution >= 4 is 11.9 Å². The highest BCUT2D eigenvalue weighted by atomic mass is 16.6. The zero-order valence-electron chi connectivity index (χ0n) is 46.4. The Bertz CT molecular complexity index is 1090. The molecule has 0 aromatic carbocycles. The van der Waals surface area contributed by atoms with Gasteiger partial charge in [0.05, 0.1) is 31.0 Å². The number of carbonyl (C=O) groups excluding carboxylic acids is 2. The number of hydrogen-bond acceptors (Lipinski definition) is 6. The van der Waals surface area contributed by atoms with Crippen LogP contribution in [0, 0.1) is 11.3 Å². The first-order chi connectivity index (χ1) is 34.1. The Labute approximate surface area is 430 Å². The summed E-state index contributed by atoms with van der Waals surface area (Å²) in [5.74, 6) is -1.40. The van der Waals surface area contributed by atoms with Gasteiger partial charge in [0.25, 0.3) is 0 Å². The molecule has 0 saturated carbocycles. The Hall–Kier alpha value is -1.40. The molecule has 2 N–H and O–H groups in total.